The lowest BCUT2D eigenvalue weighted by atomic mass is 10.0. The van der Waals surface area contributed by atoms with Crippen LogP contribution in [0.4, 0.5) is 0 Å². The minimum Gasteiger partial charge on any atom is -0.472 e. The zero-order valence-corrected chi connectivity index (χ0v) is 14.1. The second-order valence-electron chi connectivity index (χ2n) is 6.15. The molecule has 23 heavy (non-hydrogen) atoms. The molecule has 1 saturated carbocycles. The second kappa shape index (κ2) is 7.14. The highest BCUT2D eigenvalue weighted by Gasteiger charge is 2.22. The first kappa shape index (κ1) is 16.0. The quantitative estimate of drug-likeness (QED) is 0.689. The Labute approximate surface area is 142 Å². The molecule has 0 saturated heterocycles. The summed E-state index contributed by atoms with van der Waals surface area (Å²) < 4.78 is 5.96. The molecule has 1 aromatic heterocycles. The molecule has 1 aliphatic rings. The molecule has 3 rings (SSSR count). The van der Waals surface area contributed by atoms with Crippen LogP contribution in [0.2, 0.25) is 5.28 Å². The van der Waals surface area contributed by atoms with Crippen molar-refractivity contribution in [1.29, 1.82) is 0 Å². The average Bonchev–Trinajstić information content (AvgIpc) is 3.07. The minimum absolute atomic E-state index is 0.236. The Kier molecular flexibility index (Phi) is 4.97. The molecule has 2 aromatic rings. The fourth-order valence-electron chi connectivity index (χ4n) is 3.02. The zero-order chi connectivity index (χ0) is 16.2. The standard InChI is InChI=1S/C19H21ClN2O/c1-13(2)15-9-7-14(8-10-15)12-23-18-17(11-21-19(20)22-18)16-5-3-4-6-16/h7-11,16H,1,3-6,12H2,2H3. The summed E-state index contributed by atoms with van der Waals surface area (Å²) in [7, 11) is 0. The number of ether oxygens (including phenoxy) is 1. The summed E-state index contributed by atoms with van der Waals surface area (Å²) in [6.45, 7) is 6.43. The van der Waals surface area contributed by atoms with Crippen molar-refractivity contribution in [3.63, 3.8) is 0 Å². The predicted octanol–water partition coefficient (Wildman–Crippen LogP) is 5.40. The maximum atomic E-state index is 5.96. The summed E-state index contributed by atoms with van der Waals surface area (Å²) in [5.41, 5.74) is 4.39. The van der Waals surface area contributed by atoms with Gasteiger partial charge in [0.2, 0.25) is 11.2 Å². The lowest BCUT2D eigenvalue weighted by Gasteiger charge is -2.15. The van der Waals surface area contributed by atoms with E-state index >= 15 is 0 Å². The topological polar surface area (TPSA) is 35.0 Å². The fraction of sp³-hybridized carbons (Fsp3) is 0.368. The van der Waals surface area contributed by atoms with E-state index in [-0.39, 0.29) is 5.28 Å². The van der Waals surface area contributed by atoms with E-state index in [2.05, 4.69) is 40.8 Å². The van der Waals surface area contributed by atoms with E-state index in [9.17, 15) is 0 Å². The molecule has 1 aliphatic carbocycles. The van der Waals surface area contributed by atoms with Crippen LogP contribution in [-0.4, -0.2) is 9.97 Å². The van der Waals surface area contributed by atoms with Crippen LogP contribution >= 0.6 is 11.6 Å². The zero-order valence-electron chi connectivity index (χ0n) is 13.4. The number of nitrogens with zero attached hydrogens (tertiary/aromatic N) is 2. The number of benzene rings is 1. The molecule has 0 atom stereocenters. The smallest absolute Gasteiger partial charge is 0.225 e. The van der Waals surface area contributed by atoms with Crippen LogP contribution in [-0.2, 0) is 6.61 Å². The van der Waals surface area contributed by atoms with E-state index in [1.54, 1.807) is 0 Å². The largest absolute Gasteiger partial charge is 0.472 e. The lowest BCUT2D eigenvalue weighted by molar-refractivity contribution is 0.287. The van der Waals surface area contributed by atoms with Crippen molar-refractivity contribution in [2.75, 3.05) is 0 Å². The maximum absolute atomic E-state index is 5.96. The first-order valence-electron chi connectivity index (χ1n) is 8.03. The van der Waals surface area contributed by atoms with Gasteiger partial charge in [0.05, 0.1) is 0 Å². The number of halogens is 1. The molecule has 0 N–H and O–H groups in total. The van der Waals surface area contributed by atoms with Crippen LogP contribution in [0, 0.1) is 0 Å². The van der Waals surface area contributed by atoms with Gasteiger partial charge in [-0.25, -0.2) is 4.98 Å². The Balaban J connectivity index is 1.74. The molecule has 0 unspecified atom stereocenters. The molecule has 3 nitrogen and oxygen atoms in total. The van der Waals surface area contributed by atoms with E-state index in [1.165, 1.54) is 25.7 Å². The molecule has 120 valence electrons. The summed E-state index contributed by atoms with van der Waals surface area (Å²) in [6, 6.07) is 8.24. The third-order valence-corrected chi connectivity index (χ3v) is 4.55. The first-order valence-corrected chi connectivity index (χ1v) is 8.41. The number of hydrogen-bond acceptors (Lipinski definition) is 3. The van der Waals surface area contributed by atoms with Gasteiger partial charge in [-0.2, -0.15) is 4.98 Å². The van der Waals surface area contributed by atoms with Crippen LogP contribution in [0.3, 0.4) is 0 Å². The Morgan fingerprint density at radius 3 is 2.61 bits per heavy atom. The van der Waals surface area contributed by atoms with Crippen LogP contribution < -0.4 is 4.74 Å². The summed E-state index contributed by atoms with van der Waals surface area (Å²) in [6.07, 6.45) is 6.69. The highest BCUT2D eigenvalue weighted by molar-refractivity contribution is 6.28. The SMILES string of the molecule is C=C(C)c1ccc(COc2nc(Cl)ncc2C2CCCC2)cc1. The third kappa shape index (κ3) is 3.91. The van der Waals surface area contributed by atoms with E-state index in [0.29, 0.717) is 18.4 Å². The number of rotatable bonds is 5. The highest BCUT2D eigenvalue weighted by Crippen LogP contribution is 2.38. The molecule has 1 fully saturated rings. The van der Waals surface area contributed by atoms with E-state index < -0.39 is 0 Å². The third-order valence-electron chi connectivity index (χ3n) is 4.37. The number of aromatic nitrogens is 2. The van der Waals surface area contributed by atoms with Crippen molar-refractivity contribution in [3.8, 4) is 5.88 Å². The Morgan fingerprint density at radius 2 is 1.96 bits per heavy atom. The summed E-state index contributed by atoms with van der Waals surface area (Å²) >= 11 is 5.95. The van der Waals surface area contributed by atoms with E-state index in [1.807, 2.05) is 13.1 Å². The second-order valence-corrected chi connectivity index (χ2v) is 6.48. The molecule has 0 amide bonds. The van der Waals surface area contributed by atoms with Gasteiger partial charge in [0.15, 0.2) is 0 Å². The highest BCUT2D eigenvalue weighted by atomic mass is 35.5. The van der Waals surface area contributed by atoms with Gasteiger partial charge in [0, 0.05) is 11.8 Å². The van der Waals surface area contributed by atoms with Crippen LogP contribution in [0.25, 0.3) is 5.57 Å². The normalized spacial score (nSPS) is 14.9. The van der Waals surface area contributed by atoms with Gasteiger partial charge < -0.3 is 4.74 Å². The molecular weight excluding hydrogens is 308 g/mol. The molecule has 4 heteroatoms. The molecule has 0 spiro atoms. The van der Waals surface area contributed by atoms with Crippen molar-refractivity contribution >= 4 is 17.2 Å². The van der Waals surface area contributed by atoms with Gasteiger partial charge in [-0.05, 0) is 48.4 Å². The molecule has 0 aliphatic heterocycles. The first-order chi connectivity index (χ1) is 11.1. The Hall–Kier alpha value is -1.87. The van der Waals surface area contributed by atoms with Crippen molar-refractivity contribution in [1.82, 2.24) is 9.97 Å². The molecular formula is C19H21ClN2O. The summed E-state index contributed by atoms with van der Waals surface area (Å²) in [4.78, 5) is 8.43. The van der Waals surface area contributed by atoms with Gasteiger partial charge >= 0.3 is 0 Å². The minimum atomic E-state index is 0.236. The van der Waals surface area contributed by atoms with E-state index in [0.717, 1.165) is 22.3 Å². The van der Waals surface area contributed by atoms with Crippen LogP contribution in [0.1, 0.15) is 55.2 Å². The van der Waals surface area contributed by atoms with Crippen molar-refractivity contribution < 1.29 is 4.74 Å². The summed E-state index contributed by atoms with van der Waals surface area (Å²) in [5, 5.41) is 0.236. The molecule has 0 bridgehead atoms. The van der Waals surface area contributed by atoms with Gasteiger partial charge in [-0.1, -0.05) is 49.3 Å². The van der Waals surface area contributed by atoms with Crippen LogP contribution in [0.15, 0.2) is 37.0 Å². The molecule has 1 aromatic carbocycles. The fourth-order valence-corrected chi connectivity index (χ4v) is 3.15. The van der Waals surface area contributed by atoms with Crippen molar-refractivity contribution in [2.24, 2.45) is 0 Å². The average molecular weight is 329 g/mol. The number of hydrogen-bond donors (Lipinski definition) is 0. The van der Waals surface area contributed by atoms with E-state index in [4.69, 9.17) is 16.3 Å². The monoisotopic (exact) mass is 328 g/mol. The van der Waals surface area contributed by atoms with Crippen molar-refractivity contribution in [3.05, 3.63) is 59.0 Å². The predicted molar refractivity (Wildman–Crippen MR) is 93.7 cm³/mol. The van der Waals surface area contributed by atoms with Gasteiger partial charge in [0.25, 0.3) is 0 Å². The molecule has 1 heterocycles. The van der Waals surface area contributed by atoms with Crippen LogP contribution in [0.5, 0.6) is 5.88 Å². The van der Waals surface area contributed by atoms with Gasteiger partial charge in [-0.3, -0.25) is 0 Å². The maximum Gasteiger partial charge on any atom is 0.225 e. The van der Waals surface area contributed by atoms with Gasteiger partial charge in [-0.15, -0.1) is 0 Å². The Morgan fingerprint density at radius 1 is 1.26 bits per heavy atom. The van der Waals surface area contributed by atoms with Crippen molar-refractivity contribution in [2.45, 2.75) is 45.1 Å². The lowest BCUT2D eigenvalue weighted by Crippen LogP contribution is -2.04. The number of allylic oxidation sites excluding steroid dienone is 1. The Bertz CT molecular complexity index is 691. The molecule has 0 radical (unpaired) electrons. The van der Waals surface area contributed by atoms with Gasteiger partial charge in [0.1, 0.15) is 6.61 Å². The summed E-state index contributed by atoms with van der Waals surface area (Å²) in [5.74, 6) is 1.12.